The summed E-state index contributed by atoms with van der Waals surface area (Å²) in [6.45, 7) is 7.84. The van der Waals surface area contributed by atoms with Crippen LogP contribution in [0.5, 0.6) is 0 Å². The summed E-state index contributed by atoms with van der Waals surface area (Å²) in [6.07, 6.45) is 1.05. The zero-order valence-electron chi connectivity index (χ0n) is 11.2. The quantitative estimate of drug-likeness (QED) is 0.883. The molecule has 0 atom stereocenters. The van der Waals surface area contributed by atoms with Crippen LogP contribution in [0.4, 0.5) is 0 Å². The average molecular weight is 248 g/mol. The molecule has 18 heavy (non-hydrogen) atoms. The minimum absolute atomic E-state index is 0.100. The standard InChI is InChI=1S/C14H20N2O2/c1-4-14(2,3)15-9-10-16-11-7-5-6-8-12(11)18-13(16)17/h5-8,15H,4,9-10H2,1-3H3. The van der Waals surface area contributed by atoms with E-state index >= 15 is 0 Å². The molecule has 2 rings (SSSR count). The van der Waals surface area contributed by atoms with E-state index < -0.39 is 0 Å². The molecule has 2 aromatic rings. The minimum atomic E-state index is -0.285. The van der Waals surface area contributed by atoms with Gasteiger partial charge in [0.1, 0.15) is 0 Å². The van der Waals surface area contributed by atoms with Crippen LogP contribution in [-0.2, 0) is 6.54 Å². The molecule has 0 radical (unpaired) electrons. The lowest BCUT2D eigenvalue weighted by atomic mass is 10.0. The van der Waals surface area contributed by atoms with E-state index in [-0.39, 0.29) is 11.3 Å². The molecule has 4 heteroatoms. The van der Waals surface area contributed by atoms with Crippen molar-refractivity contribution < 1.29 is 4.42 Å². The van der Waals surface area contributed by atoms with Gasteiger partial charge in [0.15, 0.2) is 5.58 Å². The molecular weight excluding hydrogens is 228 g/mol. The topological polar surface area (TPSA) is 47.2 Å². The Morgan fingerprint density at radius 3 is 2.78 bits per heavy atom. The summed E-state index contributed by atoms with van der Waals surface area (Å²) in [6, 6.07) is 7.51. The number of hydrogen-bond acceptors (Lipinski definition) is 3. The third kappa shape index (κ3) is 2.64. The van der Waals surface area contributed by atoms with Gasteiger partial charge in [-0.1, -0.05) is 19.1 Å². The largest absolute Gasteiger partial charge is 0.419 e. The second-order valence-electron chi connectivity index (χ2n) is 5.15. The summed E-state index contributed by atoms with van der Waals surface area (Å²) in [4.78, 5) is 11.7. The third-order valence-electron chi connectivity index (χ3n) is 3.40. The molecule has 1 heterocycles. The van der Waals surface area contributed by atoms with Crippen LogP contribution in [0.1, 0.15) is 27.2 Å². The monoisotopic (exact) mass is 248 g/mol. The zero-order chi connectivity index (χ0) is 13.2. The van der Waals surface area contributed by atoms with E-state index in [1.165, 1.54) is 0 Å². The number of fused-ring (bicyclic) bond motifs is 1. The Morgan fingerprint density at radius 1 is 1.33 bits per heavy atom. The van der Waals surface area contributed by atoms with Gasteiger partial charge in [-0.2, -0.15) is 0 Å². The van der Waals surface area contributed by atoms with Crippen molar-refractivity contribution in [3.8, 4) is 0 Å². The number of oxazole rings is 1. The fourth-order valence-electron chi connectivity index (χ4n) is 1.86. The van der Waals surface area contributed by atoms with Crippen molar-refractivity contribution in [3.63, 3.8) is 0 Å². The Hall–Kier alpha value is -1.55. The van der Waals surface area contributed by atoms with Gasteiger partial charge in [0, 0.05) is 18.6 Å². The summed E-state index contributed by atoms with van der Waals surface area (Å²) < 4.78 is 6.86. The van der Waals surface area contributed by atoms with Crippen molar-refractivity contribution in [1.29, 1.82) is 0 Å². The molecule has 0 unspecified atom stereocenters. The van der Waals surface area contributed by atoms with Crippen molar-refractivity contribution in [3.05, 3.63) is 34.8 Å². The maximum atomic E-state index is 11.7. The molecule has 1 N–H and O–H groups in total. The maximum absolute atomic E-state index is 11.7. The third-order valence-corrected chi connectivity index (χ3v) is 3.40. The second-order valence-corrected chi connectivity index (χ2v) is 5.15. The van der Waals surface area contributed by atoms with Crippen molar-refractivity contribution >= 4 is 11.1 Å². The molecule has 0 aliphatic carbocycles. The second kappa shape index (κ2) is 4.98. The van der Waals surface area contributed by atoms with Gasteiger partial charge in [0.2, 0.25) is 0 Å². The van der Waals surface area contributed by atoms with E-state index in [4.69, 9.17) is 4.42 Å². The van der Waals surface area contributed by atoms with E-state index in [9.17, 15) is 4.79 Å². The van der Waals surface area contributed by atoms with Crippen LogP contribution < -0.4 is 11.1 Å². The molecule has 0 saturated carbocycles. The molecule has 1 aromatic carbocycles. The average Bonchev–Trinajstić information content (AvgIpc) is 2.66. The van der Waals surface area contributed by atoms with Crippen LogP contribution in [0.25, 0.3) is 11.1 Å². The lowest BCUT2D eigenvalue weighted by Crippen LogP contribution is -2.40. The first kappa shape index (κ1) is 12.9. The predicted octanol–water partition coefficient (Wildman–Crippen LogP) is 2.37. The fourth-order valence-corrected chi connectivity index (χ4v) is 1.86. The van der Waals surface area contributed by atoms with E-state index in [0.29, 0.717) is 12.1 Å². The van der Waals surface area contributed by atoms with Crippen molar-refractivity contribution in [2.24, 2.45) is 0 Å². The molecule has 0 aliphatic heterocycles. The van der Waals surface area contributed by atoms with E-state index in [0.717, 1.165) is 18.5 Å². The summed E-state index contributed by atoms with van der Waals surface area (Å²) in [5, 5.41) is 3.44. The van der Waals surface area contributed by atoms with Crippen LogP contribution in [0.3, 0.4) is 0 Å². The number of aromatic nitrogens is 1. The van der Waals surface area contributed by atoms with Crippen LogP contribution >= 0.6 is 0 Å². The number of hydrogen-bond donors (Lipinski definition) is 1. The van der Waals surface area contributed by atoms with Gasteiger partial charge in [-0.25, -0.2) is 4.79 Å². The van der Waals surface area contributed by atoms with Gasteiger partial charge < -0.3 is 9.73 Å². The highest BCUT2D eigenvalue weighted by Crippen LogP contribution is 2.11. The Morgan fingerprint density at radius 2 is 2.06 bits per heavy atom. The van der Waals surface area contributed by atoms with Gasteiger partial charge in [-0.15, -0.1) is 0 Å². The molecule has 4 nitrogen and oxygen atoms in total. The molecule has 0 saturated heterocycles. The lowest BCUT2D eigenvalue weighted by Gasteiger charge is -2.24. The minimum Gasteiger partial charge on any atom is -0.408 e. The number of nitrogens with zero attached hydrogens (tertiary/aromatic N) is 1. The summed E-state index contributed by atoms with van der Waals surface area (Å²) in [5.41, 5.74) is 1.61. The maximum Gasteiger partial charge on any atom is 0.419 e. The normalized spacial score (nSPS) is 12.2. The molecule has 1 aromatic heterocycles. The van der Waals surface area contributed by atoms with E-state index in [1.54, 1.807) is 4.57 Å². The Bertz CT molecular complexity index is 581. The van der Waals surface area contributed by atoms with E-state index in [1.807, 2.05) is 24.3 Å². The van der Waals surface area contributed by atoms with Crippen LogP contribution in [0.2, 0.25) is 0 Å². The Kier molecular flexibility index (Phi) is 3.57. The molecule has 0 fully saturated rings. The number of rotatable bonds is 5. The summed E-state index contributed by atoms with van der Waals surface area (Å²) in [5.74, 6) is -0.285. The fraction of sp³-hybridized carbons (Fsp3) is 0.500. The smallest absolute Gasteiger partial charge is 0.408 e. The number of benzene rings is 1. The van der Waals surface area contributed by atoms with Crippen LogP contribution in [0, 0.1) is 0 Å². The van der Waals surface area contributed by atoms with Crippen molar-refractivity contribution in [2.45, 2.75) is 39.3 Å². The number of para-hydroxylation sites is 2. The first-order chi connectivity index (χ1) is 8.53. The van der Waals surface area contributed by atoms with Gasteiger partial charge in [0.25, 0.3) is 0 Å². The molecule has 0 amide bonds. The lowest BCUT2D eigenvalue weighted by molar-refractivity contribution is 0.364. The SMILES string of the molecule is CCC(C)(C)NCCn1c(=O)oc2ccccc21. The highest BCUT2D eigenvalue weighted by atomic mass is 16.4. The summed E-state index contributed by atoms with van der Waals surface area (Å²) in [7, 11) is 0. The highest BCUT2D eigenvalue weighted by molar-refractivity contribution is 5.72. The first-order valence-electron chi connectivity index (χ1n) is 6.37. The molecule has 98 valence electrons. The summed E-state index contributed by atoms with van der Waals surface area (Å²) >= 11 is 0. The van der Waals surface area contributed by atoms with Crippen LogP contribution in [-0.4, -0.2) is 16.7 Å². The molecular formula is C14H20N2O2. The molecule has 0 bridgehead atoms. The zero-order valence-corrected chi connectivity index (χ0v) is 11.2. The van der Waals surface area contributed by atoms with Gasteiger partial charge in [-0.3, -0.25) is 4.57 Å². The van der Waals surface area contributed by atoms with Crippen LogP contribution in [0.15, 0.2) is 33.5 Å². The van der Waals surface area contributed by atoms with Gasteiger partial charge in [0.05, 0.1) is 5.52 Å². The van der Waals surface area contributed by atoms with Gasteiger partial charge in [-0.05, 0) is 32.4 Å². The molecule has 0 spiro atoms. The molecule has 0 aliphatic rings. The Balaban J connectivity index is 2.13. The first-order valence-corrected chi connectivity index (χ1v) is 6.37. The Labute approximate surface area is 107 Å². The highest BCUT2D eigenvalue weighted by Gasteiger charge is 2.14. The predicted molar refractivity (Wildman–Crippen MR) is 72.8 cm³/mol. The van der Waals surface area contributed by atoms with Crippen molar-refractivity contribution in [1.82, 2.24) is 9.88 Å². The van der Waals surface area contributed by atoms with Crippen molar-refractivity contribution in [2.75, 3.05) is 6.54 Å². The van der Waals surface area contributed by atoms with E-state index in [2.05, 4.69) is 26.1 Å². The number of nitrogens with one attached hydrogen (secondary N) is 1. The van der Waals surface area contributed by atoms with Gasteiger partial charge >= 0.3 is 5.76 Å².